The average Bonchev–Trinajstić information content (AvgIpc) is 2.95. The van der Waals surface area contributed by atoms with E-state index < -0.39 is 0 Å². The summed E-state index contributed by atoms with van der Waals surface area (Å²) < 4.78 is 11.0. The van der Waals surface area contributed by atoms with Gasteiger partial charge in [0.2, 0.25) is 0 Å². The monoisotopic (exact) mass is 607 g/mol. The van der Waals surface area contributed by atoms with Crippen molar-refractivity contribution >= 4 is 0 Å². The van der Waals surface area contributed by atoms with Crippen LogP contribution in [0, 0.1) is 35.5 Å². The smallest absolute Gasteiger partial charge is 0.0657 e. The van der Waals surface area contributed by atoms with Crippen molar-refractivity contribution in [1.82, 2.24) is 0 Å². The van der Waals surface area contributed by atoms with Crippen LogP contribution in [-0.4, -0.2) is 25.4 Å². The van der Waals surface area contributed by atoms with E-state index in [1.807, 2.05) is 0 Å². The fourth-order valence-corrected chi connectivity index (χ4v) is 4.32. The standard InChI is InChI=1S/C42H70O2/c1-35(23-15-25-37(3)27-17-29-39(5)31-19-33-41(7,8)43-11)21-13-14-22-36(2)24-16-26-38(4)28-18-30-40(6)32-20-34-42(9,10)44-12/h13-22,25-28,31-32,35-40H,23-24,29-30,33-34H2,1-12H3/b21-13+,22-14+,25-15+,26-16+,27-17+,28-18+,31-19+,32-20+. The SMILES string of the molecule is COC(C)(C)C/C=C/C(C)C/C=C/C(C)/C=C/CC(C)/C=C/C=C/C(C)C/C=C/C(C)/C=C/CC(C)/C=C/CC(C)(C)OC. The van der Waals surface area contributed by atoms with Crippen LogP contribution in [0.3, 0.4) is 0 Å². The lowest BCUT2D eigenvalue weighted by molar-refractivity contribution is 0.0251. The van der Waals surface area contributed by atoms with E-state index in [0.717, 1.165) is 38.5 Å². The first-order valence-corrected chi connectivity index (χ1v) is 17.1. The molecule has 0 fully saturated rings. The van der Waals surface area contributed by atoms with Crippen molar-refractivity contribution < 1.29 is 9.47 Å². The lowest BCUT2D eigenvalue weighted by atomic mass is 10.0. The predicted molar refractivity (Wildman–Crippen MR) is 198 cm³/mol. The van der Waals surface area contributed by atoms with E-state index >= 15 is 0 Å². The molecule has 0 bridgehead atoms. The maximum Gasteiger partial charge on any atom is 0.0657 e. The molecule has 0 aromatic carbocycles. The van der Waals surface area contributed by atoms with Crippen LogP contribution in [0.1, 0.15) is 108 Å². The zero-order chi connectivity index (χ0) is 33.4. The van der Waals surface area contributed by atoms with Gasteiger partial charge in [0.05, 0.1) is 11.2 Å². The highest BCUT2D eigenvalue weighted by molar-refractivity contribution is 5.08. The minimum atomic E-state index is -0.0820. The van der Waals surface area contributed by atoms with Gasteiger partial charge in [0, 0.05) is 14.2 Å². The van der Waals surface area contributed by atoms with E-state index in [0.29, 0.717) is 35.5 Å². The largest absolute Gasteiger partial charge is 0.378 e. The summed E-state index contributed by atoms with van der Waals surface area (Å²) in [6, 6.07) is 0. The average molecular weight is 607 g/mol. The molecule has 0 heterocycles. The topological polar surface area (TPSA) is 18.5 Å². The summed E-state index contributed by atoms with van der Waals surface area (Å²) in [5.41, 5.74) is -0.164. The predicted octanol–water partition coefficient (Wildman–Crippen LogP) is 12.4. The van der Waals surface area contributed by atoms with Crippen LogP contribution in [0.25, 0.3) is 0 Å². The van der Waals surface area contributed by atoms with E-state index in [-0.39, 0.29) is 11.2 Å². The van der Waals surface area contributed by atoms with Crippen molar-refractivity contribution in [2.45, 2.75) is 119 Å². The fraction of sp³-hybridized carbons (Fsp3) is 0.619. The molecule has 0 aliphatic heterocycles. The number of rotatable bonds is 23. The summed E-state index contributed by atoms with van der Waals surface area (Å²) in [7, 11) is 3.55. The molecule has 6 unspecified atom stereocenters. The van der Waals surface area contributed by atoms with E-state index in [2.05, 4.69) is 166 Å². The first kappa shape index (κ1) is 41.8. The molecule has 0 saturated heterocycles. The Morgan fingerprint density at radius 2 is 0.682 bits per heavy atom. The lowest BCUT2D eigenvalue weighted by Gasteiger charge is -2.20. The summed E-state index contributed by atoms with van der Waals surface area (Å²) >= 11 is 0. The molecule has 0 aliphatic rings. The molecule has 0 aliphatic carbocycles. The van der Waals surface area contributed by atoms with Gasteiger partial charge in [0.1, 0.15) is 0 Å². The molecule has 0 radical (unpaired) electrons. The molecule has 250 valence electrons. The van der Waals surface area contributed by atoms with Crippen molar-refractivity contribution in [1.29, 1.82) is 0 Å². The normalized spacial score (nSPS) is 18.4. The molecule has 44 heavy (non-hydrogen) atoms. The summed E-state index contributed by atoms with van der Waals surface area (Å²) in [6.45, 7) is 22.1. The van der Waals surface area contributed by atoms with Crippen LogP contribution in [0.5, 0.6) is 0 Å². The molecule has 0 spiro atoms. The van der Waals surface area contributed by atoms with Crippen molar-refractivity contribution in [3.8, 4) is 0 Å². The Morgan fingerprint density at radius 3 is 0.955 bits per heavy atom. The Labute approximate surface area is 274 Å². The van der Waals surface area contributed by atoms with Crippen molar-refractivity contribution in [2.75, 3.05) is 14.2 Å². The van der Waals surface area contributed by atoms with Crippen LogP contribution >= 0.6 is 0 Å². The third kappa shape index (κ3) is 25.2. The third-order valence-corrected chi connectivity index (χ3v) is 8.03. The van der Waals surface area contributed by atoms with Gasteiger partial charge in [0.15, 0.2) is 0 Å². The zero-order valence-electron chi connectivity index (χ0n) is 30.8. The molecule has 0 aromatic heterocycles. The van der Waals surface area contributed by atoms with Crippen molar-refractivity contribution in [3.05, 3.63) is 97.2 Å². The van der Waals surface area contributed by atoms with Gasteiger partial charge in [-0.15, -0.1) is 0 Å². The molecule has 0 N–H and O–H groups in total. The Bertz CT molecular complexity index is 874. The second-order valence-electron chi connectivity index (χ2n) is 14.2. The second-order valence-corrected chi connectivity index (χ2v) is 14.2. The first-order valence-electron chi connectivity index (χ1n) is 17.1. The molecule has 0 rings (SSSR count). The number of allylic oxidation sites excluding steroid dienone is 14. The van der Waals surface area contributed by atoms with E-state index in [1.165, 1.54) is 0 Å². The molecular formula is C42H70O2. The van der Waals surface area contributed by atoms with Gasteiger partial charge >= 0.3 is 0 Å². The number of hydrogen-bond donors (Lipinski definition) is 0. The van der Waals surface area contributed by atoms with Gasteiger partial charge in [-0.2, -0.15) is 0 Å². The minimum absolute atomic E-state index is 0.0820. The van der Waals surface area contributed by atoms with E-state index in [1.54, 1.807) is 14.2 Å². The minimum Gasteiger partial charge on any atom is -0.378 e. The highest BCUT2D eigenvalue weighted by atomic mass is 16.5. The maximum absolute atomic E-state index is 5.48. The van der Waals surface area contributed by atoms with Gasteiger partial charge in [-0.1, -0.05) is 139 Å². The Balaban J connectivity index is 4.30. The number of hydrogen-bond acceptors (Lipinski definition) is 2. The van der Waals surface area contributed by atoms with Gasteiger partial charge in [-0.3, -0.25) is 0 Å². The van der Waals surface area contributed by atoms with Gasteiger partial charge in [-0.05, 0) is 102 Å². The van der Waals surface area contributed by atoms with Crippen molar-refractivity contribution in [2.24, 2.45) is 35.5 Å². The van der Waals surface area contributed by atoms with Crippen LogP contribution in [-0.2, 0) is 9.47 Å². The fourth-order valence-electron chi connectivity index (χ4n) is 4.32. The highest BCUT2D eigenvalue weighted by Gasteiger charge is 2.14. The summed E-state index contributed by atoms with van der Waals surface area (Å²) in [5.74, 6) is 3.09. The second kappa shape index (κ2) is 24.1. The van der Waals surface area contributed by atoms with Gasteiger partial charge in [0.25, 0.3) is 0 Å². The molecule has 6 atom stereocenters. The molecule has 0 aromatic rings. The van der Waals surface area contributed by atoms with Crippen LogP contribution in [0.2, 0.25) is 0 Å². The van der Waals surface area contributed by atoms with Gasteiger partial charge in [-0.25, -0.2) is 0 Å². The number of ether oxygens (including phenoxy) is 2. The summed E-state index contributed by atoms with van der Waals surface area (Å²) in [5, 5.41) is 0. The van der Waals surface area contributed by atoms with Crippen LogP contribution in [0.15, 0.2) is 97.2 Å². The zero-order valence-corrected chi connectivity index (χ0v) is 30.8. The Morgan fingerprint density at radius 1 is 0.409 bits per heavy atom. The Kier molecular flexibility index (Phi) is 22.9. The molecule has 2 heteroatoms. The molecule has 0 saturated carbocycles. The van der Waals surface area contributed by atoms with Crippen molar-refractivity contribution in [3.63, 3.8) is 0 Å². The number of methoxy groups -OCH3 is 2. The molecule has 0 amide bonds. The highest BCUT2D eigenvalue weighted by Crippen LogP contribution is 2.17. The quantitative estimate of drug-likeness (QED) is 0.0851. The summed E-state index contributed by atoms with van der Waals surface area (Å²) in [4.78, 5) is 0. The third-order valence-electron chi connectivity index (χ3n) is 8.03. The lowest BCUT2D eigenvalue weighted by Crippen LogP contribution is -2.20. The molecule has 2 nitrogen and oxygen atoms in total. The van der Waals surface area contributed by atoms with Gasteiger partial charge < -0.3 is 9.47 Å². The first-order chi connectivity index (χ1) is 20.7. The molecular weight excluding hydrogens is 536 g/mol. The Hall–Kier alpha value is -2.16. The van der Waals surface area contributed by atoms with E-state index in [9.17, 15) is 0 Å². The maximum atomic E-state index is 5.48. The van der Waals surface area contributed by atoms with Crippen LogP contribution < -0.4 is 0 Å². The van der Waals surface area contributed by atoms with E-state index in [4.69, 9.17) is 9.47 Å². The summed E-state index contributed by atoms with van der Waals surface area (Å²) in [6.07, 6.45) is 42.9. The van der Waals surface area contributed by atoms with Crippen LogP contribution in [0.4, 0.5) is 0 Å².